The Morgan fingerprint density at radius 2 is 2.14 bits per heavy atom. The molecule has 0 aliphatic carbocycles. The van der Waals surface area contributed by atoms with Crippen molar-refractivity contribution in [2.75, 3.05) is 7.11 Å². The van der Waals surface area contributed by atoms with E-state index in [9.17, 15) is 0 Å². The Morgan fingerprint density at radius 1 is 1.33 bits per heavy atom. The Balaban J connectivity index is 2.14. The number of nitrogens with zero attached hydrogens (tertiary/aromatic N) is 1. The number of hydrogen-bond donors (Lipinski definition) is 1. The number of hydrogen-bond acceptors (Lipinski definition) is 5. The molecule has 4 nitrogen and oxygen atoms in total. The van der Waals surface area contributed by atoms with E-state index in [1.807, 2.05) is 24.4 Å². The largest absolute Gasteiger partial charge is 0.493 e. The minimum absolute atomic E-state index is 0.422. The fourth-order valence-electron chi connectivity index (χ4n) is 1.96. The number of para-hydroxylation sites is 1. The van der Waals surface area contributed by atoms with Gasteiger partial charge in [-0.25, -0.2) is 4.98 Å². The topological polar surface area (TPSA) is 43.4 Å². The summed E-state index contributed by atoms with van der Waals surface area (Å²) in [5.74, 6) is 1.55. The summed E-state index contributed by atoms with van der Waals surface area (Å²) in [5, 5.41) is 6.48. The van der Waals surface area contributed by atoms with Crippen LogP contribution >= 0.6 is 11.3 Å². The van der Waals surface area contributed by atoms with Gasteiger partial charge in [-0.15, -0.1) is 11.3 Å². The van der Waals surface area contributed by atoms with E-state index >= 15 is 0 Å². The van der Waals surface area contributed by atoms with Gasteiger partial charge in [0.15, 0.2) is 11.5 Å². The lowest BCUT2D eigenvalue weighted by Gasteiger charge is -2.16. The lowest BCUT2D eigenvalue weighted by Crippen LogP contribution is -2.22. The third-order valence-electron chi connectivity index (χ3n) is 3.01. The Hall–Kier alpha value is -1.59. The maximum absolute atomic E-state index is 5.97. The van der Waals surface area contributed by atoms with Crippen molar-refractivity contribution in [2.24, 2.45) is 0 Å². The van der Waals surface area contributed by atoms with Gasteiger partial charge in [-0.1, -0.05) is 26.0 Å². The molecule has 0 aliphatic heterocycles. The summed E-state index contributed by atoms with van der Waals surface area (Å²) in [6.07, 6.45) is 0. The fourth-order valence-corrected chi connectivity index (χ4v) is 2.56. The minimum Gasteiger partial charge on any atom is -0.493 e. The van der Waals surface area contributed by atoms with Crippen molar-refractivity contribution in [2.45, 2.75) is 40.0 Å². The molecule has 114 valence electrons. The van der Waals surface area contributed by atoms with Gasteiger partial charge in [-0.05, 0) is 13.0 Å². The molecule has 2 rings (SSSR count). The van der Waals surface area contributed by atoms with Crippen LogP contribution in [0.15, 0.2) is 23.6 Å². The number of aryl methyl sites for hydroxylation is 1. The number of benzene rings is 1. The minimum atomic E-state index is 0.422. The average molecular weight is 306 g/mol. The van der Waals surface area contributed by atoms with Gasteiger partial charge in [0.25, 0.3) is 0 Å². The number of thiazole rings is 1. The van der Waals surface area contributed by atoms with Crippen LogP contribution in [0, 0.1) is 6.92 Å². The van der Waals surface area contributed by atoms with Gasteiger partial charge in [-0.3, -0.25) is 0 Å². The van der Waals surface area contributed by atoms with Crippen LogP contribution in [0.4, 0.5) is 0 Å². The molecule has 0 radical (unpaired) electrons. The second-order valence-corrected chi connectivity index (χ2v) is 6.19. The Kier molecular flexibility index (Phi) is 5.59. The molecule has 1 aromatic carbocycles. The predicted molar refractivity (Wildman–Crippen MR) is 86.2 cm³/mol. The molecule has 5 heteroatoms. The molecule has 0 spiro atoms. The Bertz CT molecular complexity index is 581. The van der Waals surface area contributed by atoms with Crippen LogP contribution in [-0.2, 0) is 13.2 Å². The van der Waals surface area contributed by atoms with Crippen LogP contribution in [0.5, 0.6) is 11.5 Å². The van der Waals surface area contributed by atoms with Gasteiger partial charge in [-0.2, -0.15) is 0 Å². The first-order valence-corrected chi connectivity index (χ1v) is 7.91. The van der Waals surface area contributed by atoms with Crippen LogP contribution < -0.4 is 14.8 Å². The van der Waals surface area contributed by atoms with E-state index in [2.05, 4.69) is 30.2 Å². The van der Waals surface area contributed by atoms with E-state index < -0.39 is 0 Å². The number of aromatic nitrogens is 1. The van der Waals surface area contributed by atoms with Crippen molar-refractivity contribution in [1.29, 1.82) is 0 Å². The molecule has 1 aromatic heterocycles. The highest BCUT2D eigenvalue weighted by Gasteiger charge is 2.12. The van der Waals surface area contributed by atoms with E-state index in [4.69, 9.17) is 9.47 Å². The van der Waals surface area contributed by atoms with Gasteiger partial charge in [0.1, 0.15) is 6.61 Å². The van der Waals surface area contributed by atoms with Crippen molar-refractivity contribution >= 4 is 11.3 Å². The Morgan fingerprint density at radius 3 is 2.76 bits per heavy atom. The SMILES string of the molecule is COc1cccc(CNC(C)C)c1OCc1csc(C)n1. The molecule has 2 aromatic rings. The summed E-state index contributed by atoms with van der Waals surface area (Å²) in [4.78, 5) is 4.42. The maximum Gasteiger partial charge on any atom is 0.166 e. The van der Waals surface area contributed by atoms with E-state index in [0.29, 0.717) is 12.6 Å². The second-order valence-electron chi connectivity index (χ2n) is 5.13. The predicted octanol–water partition coefficient (Wildman–Crippen LogP) is 3.54. The number of rotatable bonds is 7. The van der Waals surface area contributed by atoms with Crippen LogP contribution in [0.2, 0.25) is 0 Å². The molecule has 0 amide bonds. The molecule has 0 aliphatic rings. The molecule has 0 bridgehead atoms. The smallest absolute Gasteiger partial charge is 0.166 e. The van der Waals surface area contributed by atoms with Crippen LogP contribution in [0.1, 0.15) is 30.1 Å². The van der Waals surface area contributed by atoms with Gasteiger partial charge in [0, 0.05) is 23.5 Å². The standard InChI is InChI=1S/C16H22N2O2S/c1-11(2)17-8-13-6-5-7-15(19-4)16(13)20-9-14-10-21-12(3)18-14/h5-7,10-11,17H,8-9H2,1-4H3. The second kappa shape index (κ2) is 7.43. The average Bonchev–Trinajstić information content (AvgIpc) is 2.88. The van der Waals surface area contributed by atoms with Crippen molar-refractivity contribution in [3.05, 3.63) is 39.8 Å². The molecular formula is C16H22N2O2S. The highest BCUT2D eigenvalue weighted by Crippen LogP contribution is 2.32. The molecule has 1 heterocycles. The third-order valence-corrected chi connectivity index (χ3v) is 3.83. The van der Waals surface area contributed by atoms with Crippen molar-refractivity contribution in [1.82, 2.24) is 10.3 Å². The first-order valence-electron chi connectivity index (χ1n) is 7.03. The maximum atomic E-state index is 5.97. The molecule has 0 atom stereocenters. The summed E-state index contributed by atoms with van der Waals surface area (Å²) in [6, 6.07) is 6.38. The van der Waals surface area contributed by atoms with Crippen molar-refractivity contribution in [3.63, 3.8) is 0 Å². The van der Waals surface area contributed by atoms with E-state index in [1.54, 1.807) is 18.4 Å². The van der Waals surface area contributed by atoms with Gasteiger partial charge in [0.2, 0.25) is 0 Å². The summed E-state index contributed by atoms with van der Waals surface area (Å²) in [6.45, 7) is 7.45. The summed E-state index contributed by atoms with van der Waals surface area (Å²) in [7, 11) is 1.66. The number of methoxy groups -OCH3 is 1. The summed E-state index contributed by atoms with van der Waals surface area (Å²) >= 11 is 1.63. The molecule has 0 saturated carbocycles. The third kappa shape index (κ3) is 4.44. The zero-order valence-corrected chi connectivity index (χ0v) is 13.8. The molecule has 0 fully saturated rings. The summed E-state index contributed by atoms with van der Waals surface area (Å²) in [5.41, 5.74) is 2.04. The van der Waals surface area contributed by atoms with Crippen molar-refractivity contribution < 1.29 is 9.47 Å². The van der Waals surface area contributed by atoms with Gasteiger partial charge < -0.3 is 14.8 Å². The van der Waals surface area contributed by atoms with Crippen molar-refractivity contribution in [3.8, 4) is 11.5 Å². The normalized spacial score (nSPS) is 10.9. The quantitative estimate of drug-likeness (QED) is 0.850. The molecule has 21 heavy (non-hydrogen) atoms. The zero-order valence-electron chi connectivity index (χ0n) is 13.0. The molecular weight excluding hydrogens is 284 g/mol. The van der Waals surface area contributed by atoms with Gasteiger partial charge >= 0.3 is 0 Å². The van der Waals surface area contributed by atoms with Crippen LogP contribution in [0.3, 0.4) is 0 Å². The van der Waals surface area contributed by atoms with Crippen LogP contribution in [-0.4, -0.2) is 18.1 Å². The molecule has 0 unspecified atom stereocenters. The zero-order chi connectivity index (χ0) is 15.2. The fraction of sp³-hybridized carbons (Fsp3) is 0.438. The monoisotopic (exact) mass is 306 g/mol. The number of nitrogens with one attached hydrogen (secondary N) is 1. The first-order chi connectivity index (χ1) is 10.1. The molecule has 0 saturated heterocycles. The van der Waals surface area contributed by atoms with E-state index in [-0.39, 0.29) is 0 Å². The van der Waals surface area contributed by atoms with E-state index in [0.717, 1.165) is 34.3 Å². The summed E-state index contributed by atoms with van der Waals surface area (Å²) < 4.78 is 11.4. The first kappa shape index (κ1) is 15.8. The van der Waals surface area contributed by atoms with E-state index in [1.165, 1.54) is 0 Å². The highest BCUT2D eigenvalue weighted by molar-refractivity contribution is 7.09. The highest BCUT2D eigenvalue weighted by atomic mass is 32.1. The van der Waals surface area contributed by atoms with Crippen LogP contribution in [0.25, 0.3) is 0 Å². The lowest BCUT2D eigenvalue weighted by atomic mass is 10.1. The Labute approximate surface area is 130 Å². The van der Waals surface area contributed by atoms with Gasteiger partial charge in [0.05, 0.1) is 17.8 Å². The number of ether oxygens (including phenoxy) is 2. The molecule has 1 N–H and O–H groups in total. The lowest BCUT2D eigenvalue weighted by molar-refractivity contribution is 0.277.